The maximum absolute atomic E-state index is 12.7. The summed E-state index contributed by atoms with van der Waals surface area (Å²) in [6.07, 6.45) is 1.33. The monoisotopic (exact) mass is 352 g/mol. The van der Waals surface area contributed by atoms with E-state index in [-0.39, 0.29) is 17.9 Å². The number of amides is 2. The molecule has 0 saturated carbocycles. The highest BCUT2D eigenvalue weighted by atomic mass is 16.2. The average molecular weight is 352 g/mol. The molecule has 0 radical (unpaired) electrons. The van der Waals surface area contributed by atoms with Crippen LogP contribution in [0.15, 0.2) is 60.7 Å². The van der Waals surface area contributed by atoms with Gasteiger partial charge < -0.3 is 10.2 Å². The molecule has 2 amide bonds. The minimum absolute atomic E-state index is 0.00506. The summed E-state index contributed by atoms with van der Waals surface area (Å²) >= 11 is 0. The number of carbonyl (C=O) groups is 2. The summed E-state index contributed by atoms with van der Waals surface area (Å²) < 4.78 is 0. The van der Waals surface area contributed by atoms with Crippen molar-refractivity contribution in [3.05, 3.63) is 71.8 Å². The Labute approximate surface area is 156 Å². The lowest BCUT2D eigenvalue weighted by atomic mass is 10.1. The molecule has 0 spiro atoms. The first-order valence-corrected chi connectivity index (χ1v) is 9.19. The highest BCUT2D eigenvalue weighted by molar-refractivity contribution is 5.79. The second-order valence-corrected chi connectivity index (χ2v) is 6.80. The number of rotatable bonds is 9. The molecule has 0 atom stereocenters. The van der Waals surface area contributed by atoms with Gasteiger partial charge in [0, 0.05) is 32.0 Å². The number of nitrogens with one attached hydrogen (secondary N) is 1. The van der Waals surface area contributed by atoms with Crippen molar-refractivity contribution in [1.29, 1.82) is 0 Å². The van der Waals surface area contributed by atoms with Crippen LogP contribution in [0, 0.1) is 0 Å². The third-order valence-electron chi connectivity index (χ3n) is 4.03. The van der Waals surface area contributed by atoms with Gasteiger partial charge >= 0.3 is 0 Å². The van der Waals surface area contributed by atoms with E-state index in [1.165, 1.54) is 0 Å². The molecule has 4 heteroatoms. The number of benzene rings is 2. The quantitative estimate of drug-likeness (QED) is 0.744. The van der Waals surface area contributed by atoms with Gasteiger partial charge in [0.05, 0.1) is 0 Å². The fourth-order valence-corrected chi connectivity index (χ4v) is 2.79. The second-order valence-electron chi connectivity index (χ2n) is 6.80. The Kier molecular flexibility index (Phi) is 7.87. The molecule has 0 heterocycles. The molecule has 0 aliphatic carbocycles. The minimum Gasteiger partial charge on any atom is -0.354 e. The van der Waals surface area contributed by atoms with Gasteiger partial charge in [0.15, 0.2) is 0 Å². The van der Waals surface area contributed by atoms with Crippen molar-refractivity contribution >= 4 is 11.8 Å². The van der Waals surface area contributed by atoms with E-state index in [1.807, 2.05) is 79.4 Å². The predicted octanol–water partition coefficient (Wildman–Crippen LogP) is 3.91. The third-order valence-corrected chi connectivity index (χ3v) is 4.03. The molecule has 0 unspecified atom stereocenters. The number of hydrogen-bond acceptors (Lipinski definition) is 2. The van der Waals surface area contributed by atoms with Gasteiger partial charge in [0.1, 0.15) is 0 Å². The summed E-state index contributed by atoms with van der Waals surface area (Å²) in [5.41, 5.74) is 2.21. The van der Waals surface area contributed by atoms with Gasteiger partial charge in [-0.15, -0.1) is 0 Å². The SMILES string of the molecule is CC(C)NC(=O)CCCC(=O)N(Cc1ccccc1)Cc1ccccc1. The number of nitrogens with zero attached hydrogens (tertiary/aromatic N) is 1. The summed E-state index contributed by atoms with van der Waals surface area (Å²) in [5.74, 6) is 0.0838. The van der Waals surface area contributed by atoms with Gasteiger partial charge in [-0.1, -0.05) is 60.7 Å². The molecule has 2 aromatic carbocycles. The highest BCUT2D eigenvalue weighted by Gasteiger charge is 2.15. The van der Waals surface area contributed by atoms with Crippen LogP contribution in [0.3, 0.4) is 0 Å². The van der Waals surface area contributed by atoms with Crippen LogP contribution in [0.1, 0.15) is 44.2 Å². The lowest BCUT2D eigenvalue weighted by Crippen LogP contribution is -2.31. The van der Waals surface area contributed by atoms with Gasteiger partial charge in [0.2, 0.25) is 11.8 Å². The van der Waals surface area contributed by atoms with Crippen molar-refractivity contribution in [2.24, 2.45) is 0 Å². The van der Waals surface area contributed by atoms with Gasteiger partial charge in [-0.2, -0.15) is 0 Å². The van der Waals surface area contributed by atoms with Crippen molar-refractivity contribution in [2.45, 2.75) is 52.2 Å². The van der Waals surface area contributed by atoms with Crippen LogP contribution in [-0.4, -0.2) is 22.8 Å². The van der Waals surface area contributed by atoms with Crippen LogP contribution in [0.5, 0.6) is 0 Å². The van der Waals surface area contributed by atoms with Crippen molar-refractivity contribution in [3.8, 4) is 0 Å². The van der Waals surface area contributed by atoms with Gasteiger partial charge in [-0.3, -0.25) is 9.59 Å². The zero-order valence-corrected chi connectivity index (χ0v) is 15.7. The molecule has 138 valence electrons. The van der Waals surface area contributed by atoms with Crippen LogP contribution >= 0.6 is 0 Å². The number of carbonyl (C=O) groups excluding carboxylic acids is 2. The molecule has 2 rings (SSSR count). The van der Waals surface area contributed by atoms with E-state index >= 15 is 0 Å². The lowest BCUT2D eigenvalue weighted by Gasteiger charge is -2.23. The average Bonchev–Trinajstić information content (AvgIpc) is 2.62. The highest BCUT2D eigenvalue weighted by Crippen LogP contribution is 2.13. The molecule has 0 fully saturated rings. The topological polar surface area (TPSA) is 49.4 Å². The Morgan fingerprint density at radius 3 is 1.81 bits per heavy atom. The van der Waals surface area contributed by atoms with Crippen molar-refractivity contribution in [2.75, 3.05) is 0 Å². The zero-order valence-electron chi connectivity index (χ0n) is 15.7. The predicted molar refractivity (Wildman–Crippen MR) is 104 cm³/mol. The molecule has 26 heavy (non-hydrogen) atoms. The first kappa shape index (κ1) is 19.7. The summed E-state index contributed by atoms with van der Waals surface area (Å²) in [6.45, 7) is 5.02. The summed E-state index contributed by atoms with van der Waals surface area (Å²) in [4.78, 5) is 26.4. The second kappa shape index (κ2) is 10.4. The molecule has 0 aromatic heterocycles. The minimum atomic E-state index is 0.00506. The van der Waals surface area contributed by atoms with Crippen LogP contribution < -0.4 is 5.32 Å². The van der Waals surface area contributed by atoms with Crippen LogP contribution in [0.25, 0.3) is 0 Å². The van der Waals surface area contributed by atoms with Crippen LogP contribution in [0.4, 0.5) is 0 Å². The Bertz CT molecular complexity index is 642. The normalized spacial score (nSPS) is 10.6. The Morgan fingerprint density at radius 2 is 1.35 bits per heavy atom. The molecule has 4 nitrogen and oxygen atoms in total. The zero-order chi connectivity index (χ0) is 18.8. The largest absolute Gasteiger partial charge is 0.354 e. The van der Waals surface area contributed by atoms with E-state index in [4.69, 9.17) is 0 Å². The van der Waals surface area contributed by atoms with E-state index in [0.717, 1.165) is 11.1 Å². The van der Waals surface area contributed by atoms with E-state index in [2.05, 4.69) is 5.32 Å². The van der Waals surface area contributed by atoms with Crippen molar-refractivity contribution < 1.29 is 9.59 Å². The van der Waals surface area contributed by atoms with Gasteiger partial charge in [0.25, 0.3) is 0 Å². The molecule has 2 aromatic rings. The molecule has 1 N–H and O–H groups in total. The first-order chi connectivity index (χ1) is 12.5. The molecular formula is C22H28N2O2. The van der Waals surface area contributed by atoms with E-state index < -0.39 is 0 Å². The smallest absolute Gasteiger partial charge is 0.223 e. The standard InChI is InChI=1S/C22H28N2O2/c1-18(2)23-21(25)14-9-15-22(26)24(16-19-10-5-3-6-11-19)17-20-12-7-4-8-13-20/h3-8,10-13,18H,9,14-17H2,1-2H3,(H,23,25). The molecular weight excluding hydrogens is 324 g/mol. The maximum atomic E-state index is 12.7. The summed E-state index contributed by atoms with van der Waals surface area (Å²) in [7, 11) is 0. The molecule has 0 bridgehead atoms. The molecule has 0 saturated heterocycles. The molecule has 0 aliphatic heterocycles. The number of hydrogen-bond donors (Lipinski definition) is 1. The lowest BCUT2D eigenvalue weighted by molar-refractivity contribution is -0.132. The molecule has 0 aliphatic rings. The van der Waals surface area contributed by atoms with Gasteiger partial charge in [-0.25, -0.2) is 0 Å². The fraction of sp³-hybridized carbons (Fsp3) is 0.364. The summed E-state index contributed by atoms with van der Waals surface area (Å²) in [6, 6.07) is 20.1. The maximum Gasteiger partial charge on any atom is 0.223 e. The van der Waals surface area contributed by atoms with Crippen molar-refractivity contribution in [1.82, 2.24) is 10.2 Å². The van der Waals surface area contributed by atoms with E-state index in [0.29, 0.717) is 32.4 Å². The van der Waals surface area contributed by atoms with E-state index in [9.17, 15) is 9.59 Å². The Hall–Kier alpha value is -2.62. The van der Waals surface area contributed by atoms with Crippen molar-refractivity contribution in [3.63, 3.8) is 0 Å². The summed E-state index contributed by atoms with van der Waals surface area (Å²) in [5, 5.41) is 2.86. The van der Waals surface area contributed by atoms with Gasteiger partial charge in [-0.05, 0) is 31.4 Å². The van der Waals surface area contributed by atoms with E-state index in [1.54, 1.807) is 0 Å². The first-order valence-electron chi connectivity index (χ1n) is 9.19. The van der Waals surface area contributed by atoms with Crippen LogP contribution in [-0.2, 0) is 22.7 Å². The van der Waals surface area contributed by atoms with Crippen LogP contribution in [0.2, 0.25) is 0 Å². The third kappa shape index (κ3) is 7.09. The fourth-order valence-electron chi connectivity index (χ4n) is 2.79. The Balaban J connectivity index is 1.95. The Morgan fingerprint density at radius 1 is 0.846 bits per heavy atom.